The number of rotatable bonds is 3. The van der Waals surface area contributed by atoms with Gasteiger partial charge in [-0.15, -0.1) is 0 Å². The third-order valence-electron chi connectivity index (χ3n) is 3.17. The summed E-state index contributed by atoms with van der Waals surface area (Å²) in [7, 11) is 0. The summed E-state index contributed by atoms with van der Waals surface area (Å²) in [6.07, 6.45) is 2.00. The lowest BCUT2D eigenvalue weighted by Gasteiger charge is -2.09. The molecule has 92 valence electrons. The number of anilines is 1. The molecule has 0 heterocycles. The third kappa shape index (κ3) is 2.45. The maximum absolute atomic E-state index is 11.7. The Morgan fingerprint density at radius 3 is 2.78 bits per heavy atom. The summed E-state index contributed by atoms with van der Waals surface area (Å²) < 4.78 is 5.17. The molecule has 0 bridgehead atoms. The van der Waals surface area contributed by atoms with Gasteiger partial charge in [0.25, 0.3) is 0 Å². The minimum atomic E-state index is -0.363. The first-order chi connectivity index (χ1) is 8.83. The Kier molecular flexibility index (Phi) is 2.89. The van der Waals surface area contributed by atoms with Crippen LogP contribution in [0.1, 0.15) is 12.8 Å². The molecule has 0 aliphatic heterocycles. The van der Waals surface area contributed by atoms with Crippen LogP contribution in [0.25, 0.3) is 10.8 Å². The highest BCUT2D eigenvalue weighted by Crippen LogP contribution is 2.29. The van der Waals surface area contributed by atoms with Gasteiger partial charge in [0.1, 0.15) is 0 Å². The van der Waals surface area contributed by atoms with E-state index in [4.69, 9.17) is 4.74 Å². The molecule has 1 N–H and O–H groups in total. The van der Waals surface area contributed by atoms with Gasteiger partial charge in [-0.25, -0.2) is 4.79 Å². The van der Waals surface area contributed by atoms with Crippen molar-refractivity contribution in [1.29, 1.82) is 0 Å². The number of fused-ring (bicyclic) bond motifs is 1. The average molecular weight is 241 g/mol. The molecule has 0 radical (unpaired) electrons. The normalized spacial score (nSPS) is 14.4. The Morgan fingerprint density at radius 2 is 1.94 bits per heavy atom. The van der Waals surface area contributed by atoms with Crippen molar-refractivity contribution >= 4 is 22.6 Å². The minimum Gasteiger partial charge on any atom is -0.449 e. The van der Waals surface area contributed by atoms with Crippen molar-refractivity contribution < 1.29 is 9.53 Å². The number of ether oxygens (including phenoxy) is 1. The van der Waals surface area contributed by atoms with E-state index in [0.29, 0.717) is 12.5 Å². The largest absolute Gasteiger partial charge is 0.449 e. The van der Waals surface area contributed by atoms with Gasteiger partial charge in [-0.1, -0.05) is 36.4 Å². The molecular formula is C15H15NO2. The summed E-state index contributed by atoms with van der Waals surface area (Å²) in [5.74, 6) is 0.586. The van der Waals surface area contributed by atoms with Gasteiger partial charge in [0.15, 0.2) is 0 Å². The molecule has 0 spiro atoms. The molecule has 2 aromatic carbocycles. The van der Waals surface area contributed by atoms with E-state index in [1.807, 2.05) is 42.5 Å². The maximum Gasteiger partial charge on any atom is 0.411 e. The first-order valence-electron chi connectivity index (χ1n) is 6.24. The Balaban J connectivity index is 1.74. The van der Waals surface area contributed by atoms with Crippen molar-refractivity contribution in [2.24, 2.45) is 5.92 Å². The van der Waals surface area contributed by atoms with Crippen LogP contribution in [-0.2, 0) is 4.74 Å². The summed E-state index contributed by atoms with van der Waals surface area (Å²) in [5.41, 5.74) is 0.800. The number of carbonyl (C=O) groups excluding carboxylic acids is 1. The van der Waals surface area contributed by atoms with Gasteiger partial charge in [-0.3, -0.25) is 5.32 Å². The molecule has 0 saturated heterocycles. The lowest BCUT2D eigenvalue weighted by molar-refractivity contribution is 0.156. The molecule has 1 fully saturated rings. The number of benzene rings is 2. The average Bonchev–Trinajstić information content (AvgIpc) is 3.21. The van der Waals surface area contributed by atoms with Crippen molar-refractivity contribution in [1.82, 2.24) is 0 Å². The molecule has 1 amide bonds. The molecule has 3 rings (SSSR count). The van der Waals surface area contributed by atoms with E-state index in [2.05, 4.69) is 5.32 Å². The van der Waals surface area contributed by atoms with Gasteiger partial charge in [0, 0.05) is 5.39 Å². The molecule has 1 saturated carbocycles. The minimum absolute atomic E-state index is 0.363. The summed E-state index contributed by atoms with van der Waals surface area (Å²) in [6, 6.07) is 13.8. The highest BCUT2D eigenvalue weighted by Gasteiger charge is 2.23. The fraction of sp³-hybridized carbons (Fsp3) is 0.267. The standard InChI is InChI=1S/C15H15NO2/c17-15(18-10-11-8-9-11)16-14-7-3-5-12-4-1-2-6-13(12)14/h1-7,11H,8-10H2,(H,16,17). The van der Waals surface area contributed by atoms with Crippen LogP contribution in [0.5, 0.6) is 0 Å². The molecule has 3 heteroatoms. The van der Waals surface area contributed by atoms with Crippen LogP contribution in [0.3, 0.4) is 0 Å². The van der Waals surface area contributed by atoms with Gasteiger partial charge in [-0.2, -0.15) is 0 Å². The lowest BCUT2D eigenvalue weighted by Crippen LogP contribution is -2.15. The Morgan fingerprint density at radius 1 is 1.17 bits per heavy atom. The molecule has 18 heavy (non-hydrogen) atoms. The van der Waals surface area contributed by atoms with Gasteiger partial charge < -0.3 is 4.74 Å². The quantitative estimate of drug-likeness (QED) is 0.887. The predicted molar refractivity (Wildman–Crippen MR) is 71.6 cm³/mol. The van der Waals surface area contributed by atoms with Crippen molar-refractivity contribution in [3.05, 3.63) is 42.5 Å². The van der Waals surface area contributed by atoms with Crippen LogP contribution in [-0.4, -0.2) is 12.7 Å². The zero-order valence-corrected chi connectivity index (χ0v) is 10.1. The van der Waals surface area contributed by atoms with Crippen molar-refractivity contribution in [3.63, 3.8) is 0 Å². The topological polar surface area (TPSA) is 38.3 Å². The Bertz CT molecular complexity index is 570. The van der Waals surface area contributed by atoms with Gasteiger partial charge in [-0.05, 0) is 30.2 Å². The van der Waals surface area contributed by atoms with Crippen LogP contribution in [0.15, 0.2) is 42.5 Å². The predicted octanol–water partition coefficient (Wildman–Crippen LogP) is 3.80. The number of hydrogen-bond acceptors (Lipinski definition) is 2. The number of carbonyl (C=O) groups is 1. The lowest BCUT2D eigenvalue weighted by atomic mass is 10.1. The van der Waals surface area contributed by atoms with Crippen LogP contribution < -0.4 is 5.32 Å². The van der Waals surface area contributed by atoms with Crippen molar-refractivity contribution in [3.8, 4) is 0 Å². The molecule has 1 aliphatic rings. The zero-order chi connectivity index (χ0) is 12.4. The molecule has 0 unspecified atom stereocenters. The zero-order valence-electron chi connectivity index (χ0n) is 10.1. The second-order valence-corrected chi connectivity index (χ2v) is 4.69. The second kappa shape index (κ2) is 4.69. The van der Waals surface area contributed by atoms with Crippen LogP contribution in [0.2, 0.25) is 0 Å². The Labute approximate surface area is 106 Å². The maximum atomic E-state index is 11.7. The molecule has 1 aliphatic carbocycles. The summed E-state index contributed by atoms with van der Waals surface area (Å²) in [5, 5.41) is 4.95. The van der Waals surface area contributed by atoms with Crippen molar-refractivity contribution in [2.45, 2.75) is 12.8 Å². The molecule has 3 nitrogen and oxygen atoms in total. The monoisotopic (exact) mass is 241 g/mol. The van der Waals surface area contributed by atoms with E-state index < -0.39 is 0 Å². The first-order valence-corrected chi connectivity index (χ1v) is 6.24. The highest BCUT2D eigenvalue weighted by atomic mass is 16.5. The number of hydrogen-bond donors (Lipinski definition) is 1. The van der Waals surface area contributed by atoms with Crippen LogP contribution in [0, 0.1) is 5.92 Å². The highest BCUT2D eigenvalue weighted by molar-refractivity contribution is 6.00. The summed E-state index contributed by atoms with van der Waals surface area (Å²) in [4.78, 5) is 11.7. The van der Waals surface area contributed by atoms with Gasteiger partial charge in [0.05, 0.1) is 12.3 Å². The SMILES string of the molecule is O=C(Nc1cccc2ccccc12)OCC1CC1. The van der Waals surface area contributed by atoms with E-state index in [-0.39, 0.29) is 6.09 Å². The van der Waals surface area contributed by atoms with Crippen LogP contribution >= 0.6 is 0 Å². The number of amides is 1. The van der Waals surface area contributed by atoms with E-state index in [1.165, 1.54) is 12.8 Å². The fourth-order valence-electron chi connectivity index (χ4n) is 1.96. The fourth-order valence-corrected chi connectivity index (χ4v) is 1.96. The van der Waals surface area contributed by atoms with Crippen LogP contribution in [0.4, 0.5) is 10.5 Å². The second-order valence-electron chi connectivity index (χ2n) is 4.69. The van der Waals surface area contributed by atoms with E-state index in [0.717, 1.165) is 16.5 Å². The summed E-state index contributed by atoms with van der Waals surface area (Å²) in [6.45, 7) is 0.538. The number of nitrogens with one attached hydrogen (secondary N) is 1. The smallest absolute Gasteiger partial charge is 0.411 e. The Hall–Kier alpha value is -2.03. The molecule has 0 atom stereocenters. The summed E-state index contributed by atoms with van der Waals surface area (Å²) >= 11 is 0. The van der Waals surface area contributed by atoms with Gasteiger partial charge >= 0.3 is 6.09 Å². The third-order valence-corrected chi connectivity index (χ3v) is 3.17. The van der Waals surface area contributed by atoms with E-state index in [9.17, 15) is 4.79 Å². The molecular weight excluding hydrogens is 226 g/mol. The molecule has 0 aromatic heterocycles. The van der Waals surface area contributed by atoms with E-state index in [1.54, 1.807) is 0 Å². The van der Waals surface area contributed by atoms with E-state index >= 15 is 0 Å². The molecule has 2 aromatic rings. The van der Waals surface area contributed by atoms with Crippen molar-refractivity contribution in [2.75, 3.05) is 11.9 Å². The van der Waals surface area contributed by atoms with Gasteiger partial charge in [0.2, 0.25) is 0 Å². The first kappa shape index (κ1) is 11.1.